The Labute approximate surface area is 196 Å². The van der Waals surface area contributed by atoms with Gasteiger partial charge >= 0.3 is 0 Å². The highest BCUT2D eigenvalue weighted by molar-refractivity contribution is 7.90. The number of hydrogen-bond donors (Lipinski definition) is 0. The number of aryl methyl sites for hydroxylation is 1. The van der Waals surface area contributed by atoms with Crippen molar-refractivity contribution in [2.45, 2.75) is 43.5 Å². The molecule has 172 valence electrons. The van der Waals surface area contributed by atoms with Gasteiger partial charge in [-0.15, -0.1) is 0 Å². The maximum atomic E-state index is 13.3. The van der Waals surface area contributed by atoms with E-state index < -0.39 is 9.84 Å². The van der Waals surface area contributed by atoms with Crippen molar-refractivity contribution >= 4 is 27.3 Å². The van der Waals surface area contributed by atoms with Gasteiger partial charge in [-0.1, -0.05) is 41.9 Å². The van der Waals surface area contributed by atoms with Gasteiger partial charge in [0.1, 0.15) is 0 Å². The molecule has 2 heterocycles. The number of nitrogens with zero attached hydrogens (tertiary/aromatic N) is 2. The van der Waals surface area contributed by atoms with Crippen molar-refractivity contribution in [3.8, 4) is 0 Å². The van der Waals surface area contributed by atoms with E-state index in [1.54, 1.807) is 12.1 Å². The summed E-state index contributed by atoms with van der Waals surface area (Å²) in [5.41, 5.74) is 1.96. The number of carbonyl (C=O) groups is 1. The third-order valence-corrected chi connectivity index (χ3v) is 8.51. The van der Waals surface area contributed by atoms with Gasteiger partial charge in [-0.2, -0.15) is 0 Å². The summed E-state index contributed by atoms with van der Waals surface area (Å²) in [5.74, 6) is 0.264. The average Bonchev–Trinajstić information content (AvgIpc) is 3.06. The third-order valence-electron chi connectivity index (χ3n) is 7.02. The van der Waals surface area contributed by atoms with Crippen LogP contribution in [0, 0.1) is 5.41 Å². The van der Waals surface area contributed by atoms with Crippen molar-refractivity contribution in [1.29, 1.82) is 0 Å². The highest BCUT2D eigenvalue weighted by atomic mass is 35.5. The molecule has 5 nitrogen and oxygen atoms in total. The zero-order chi connectivity index (χ0) is 22.8. The van der Waals surface area contributed by atoms with Crippen LogP contribution in [0.2, 0.25) is 5.02 Å². The Morgan fingerprint density at radius 1 is 0.969 bits per heavy atom. The number of sulfone groups is 1. The lowest BCUT2D eigenvalue weighted by Crippen LogP contribution is -2.44. The SMILES string of the molecule is CS(=O)(=O)c1ccc(CN2CCC3(CCN(CCCc4ccccc4Cl)CC3)C2=O)cc1. The summed E-state index contributed by atoms with van der Waals surface area (Å²) in [4.78, 5) is 18.0. The summed E-state index contributed by atoms with van der Waals surface area (Å²) in [6.45, 7) is 4.29. The molecule has 0 radical (unpaired) electrons. The normalized spacial score (nSPS) is 19.1. The first-order valence-corrected chi connectivity index (χ1v) is 13.6. The first kappa shape index (κ1) is 23.3. The molecule has 32 heavy (non-hydrogen) atoms. The quantitative estimate of drug-likeness (QED) is 0.603. The van der Waals surface area contributed by atoms with E-state index in [1.807, 2.05) is 35.2 Å². The van der Waals surface area contributed by atoms with E-state index in [0.717, 1.165) is 68.9 Å². The number of amides is 1. The minimum atomic E-state index is -3.20. The lowest BCUT2D eigenvalue weighted by atomic mass is 9.77. The number of rotatable bonds is 7. The Bertz CT molecular complexity index is 1060. The lowest BCUT2D eigenvalue weighted by molar-refractivity contribution is -0.138. The van der Waals surface area contributed by atoms with Gasteiger partial charge in [0.05, 0.1) is 10.3 Å². The average molecular weight is 475 g/mol. The molecule has 7 heteroatoms. The fourth-order valence-corrected chi connectivity index (χ4v) is 5.83. The van der Waals surface area contributed by atoms with Crippen molar-refractivity contribution in [2.24, 2.45) is 5.41 Å². The van der Waals surface area contributed by atoms with Gasteiger partial charge < -0.3 is 9.80 Å². The van der Waals surface area contributed by atoms with Crippen LogP contribution in [0.1, 0.15) is 36.8 Å². The van der Waals surface area contributed by atoms with Crippen molar-refractivity contribution < 1.29 is 13.2 Å². The van der Waals surface area contributed by atoms with E-state index in [9.17, 15) is 13.2 Å². The molecule has 4 rings (SSSR count). The van der Waals surface area contributed by atoms with Crippen LogP contribution in [0.25, 0.3) is 0 Å². The molecule has 1 amide bonds. The molecule has 0 unspecified atom stereocenters. The standard InChI is InChI=1S/C25H31ClN2O3S/c1-32(30,31)22-10-8-20(9-11-22)19-28-18-14-25(24(28)29)12-16-27(17-13-25)15-4-6-21-5-2-3-7-23(21)26/h2-3,5,7-11H,4,6,12-19H2,1H3. The van der Waals surface area contributed by atoms with Gasteiger partial charge in [0, 0.05) is 24.4 Å². The second-order valence-electron chi connectivity index (χ2n) is 9.21. The lowest BCUT2D eigenvalue weighted by Gasteiger charge is -2.38. The van der Waals surface area contributed by atoms with Gasteiger partial charge in [0.2, 0.25) is 5.91 Å². The van der Waals surface area contributed by atoms with Gasteiger partial charge in [0.15, 0.2) is 9.84 Å². The number of hydrogen-bond acceptors (Lipinski definition) is 4. The molecule has 0 saturated carbocycles. The van der Waals surface area contributed by atoms with Crippen LogP contribution in [-0.2, 0) is 27.6 Å². The summed E-state index contributed by atoms with van der Waals surface area (Å²) in [7, 11) is -3.20. The number of carbonyl (C=O) groups excluding carboxylic acids is 1. The molecule has 0 N–H and O–H groups in total. The summed E-state index contributed by atoms with van der Waals surface area (Å²) < 4.78 is 23.3. The molecule has 0 aromatic heterocycles. The zero-order valence-electron chi connectivity index (χ0n) is 18.6. The molecule has 2 saturated heterocycles. The summed E-state index contributed by atoms with van der Waals surface area (Å²) in [5, 5.41) is 0.840. The second-order valence-corrected chi connectivity index (χ2v) is 11.6. The van der Waals surface area contributed by atoms with E-state index in [2.05, 4.69) is 11.0 Å². The Hall–Kier alpha value is -1.89. The van der Waals surface area contributed by atoms with Crippen LogP contribution in [0.5, 0.6) is 0 Å². The molecule has 0 atom stereocenters. The molecule has 1 spiro atoms. The Kier molecular flexibility index (Phi) is 6.94. The fourth-order valence-electron chi connectivity index (χ4n) is 4.97. The van der Waals surface area contributed by atoms with Crippen LogP contribution in [0.4, 0.5) is 0 Å². The predicted octanol–water partition coefficient (Wildman–Crippen LogP) is 4.19. The molecular formula is C25H31ClN2O3S. The highest BCUT2D eigenvalue weighted by Gasteiger charge is 2.47. The van der Waals surface area contributed by atoms with Gasteiger partial charge in [-0.3, -0.25) is 4.79 Å². The monoisotopic (exact) mass is 474 g/mol. The van der Waals surface area contributed by atoms with E-state index in [-0.39, 0.29) is 11.3 Å². The van der Waals surface area contributed by atoms with Crippen molar-refractivity contribution in [3.05, 3.63) is 64.7 Å². The highest BCUT2D eigenvalue weighted by Crippen LogP contribution is 2.42. The van der Waals surface area contributed by atoms with Crippen LogP contribution < -0.4 is 0 Å². The van der Waals surface area contributed by atoms with Gasteiger partial charge in [0.25, 0.3) is 0 Å². The summed E-state index contributed by atoms with van der Waals surface area (Å²) in [6.07, 6.45) is 6.01. The van der Waals surface area contributed by atoms with Crippen LogP contribution >= 0.6 is 11.6 Å². The number of halogens is 1. The van der Waals surface area contributed by atoms with E-state index >= 15 is 0 Å². The third kappa shape index (κ3) is 5.19. The minimum Gasteiger partial charge on any atom is -0.338 e. The summed E-state index contributed by atoms with van der Waals surface area (Å²) >= 11 is 6.26. The van der Waals surface area contributed by atoms with E-state index in [4.69, 9.17) is 11.6 Å². The van der Waals surface area contributed by atoms with Gasteiger partial charge in [-0.05, 0) is 81.1 Å². The number of piperidine rings is 1. The molecule has 0 aliphatic carbocycles. The maximum Gasteiger partial charge on any atom is 0.229 e. The minimum absolute atomic E-state index is 0.216. The van der Waals surface area contributed by atoms with Gasteiger partial charge in [-0.25, -0.2) is 8.42 Å². The molecular weight excluding hydrogens is 444 g/mol. The van der Waals surface area contributed by atoms with Crippen molar-refractivity contribution in [2.75, 3.05) is 32.4 Å². The molecule has 2 aliphatic rings. The number of likely N-dealkylation sites (tertiary alicyclic amines) is 2. The largest absolute Gasteiger partial charge is 0.338 e. The van der Waals surface area contributed by atoms with Crippen molar-refractivity contribution in [3.63, 3.8) is 0 Å². The summed E-state index contributed by atoms with van der Waals surface area (Å²) in [6, 6.07) is 14.9. The zero-order valence-corrected chi connectivity index (χ0v) is 20.2. The van der Waals surface area contributed by atoms with Crippen molar-refractivity contribution in [1.82, 2.24) is 9.80 Å². The molecule has 2 aromatic carbocycles. The molecule has 2 aliphatic heterocycles. The fraction of sp³-hybridized carbons (Fsp3) is 0.480. The second kappa shape index (κ2) is 9.54. The predicted molar refractivity (Wildman–Crippen MR) is 127 cm³/mol. The Morgan fingerprint density at radius 2 is 1.62 bits per heavy atom. The van der Waals surface area contributed by atoms with Crippen LogP contribution in [0.3, 0.4) is 0 Å². The topological polar surface area (TPSA) is 57.7 Å². The molecule has 2 fully saturated rings. The first-order valence-electron chi connectivity index (χ1n) is 11.3. The van der Waals surface area contributed by atoms with E-state index in [0.29, 0.717) is 11.4 Å². The Balaban J connectivity index is 1.27. The molecule has 0 bridgehead atoms. The Morgan fingerprint density at radius 3 is 2.28 bits per heavy atom. The van der Waals surface area contributed by atoms with E-state index in [1.165, 1.54) is 11.8 Å². The molecule has 2 aromatic rings. The van der Waals surface area contributed by atoms with Crippen LogP contribution in [0.15, 0.2) is 53.4 Å². The smallest absolute Gasteiger partial charge is 0.229 e. The maximum absolute atomic E-state index is 13.3. The van der Waals surface area contributed by atoms with Crippen LogP contribution in [-0.4, -0.2) is 56.6 Å². The number of benzene rings is 2. The first-order chi connectivity index (χ1) is 15.3.